The molecule has 0 amide bonds. The number of Topliss-reactive ketones (excluding diaryl/α,β-unsaturated/α-hetero) is 1. The van der Waals surface area contributed by atoms with Crippen LogP contribution in [-0.2, 0) is 0 Å². The van der Waals surface area contributed by atoms with Gasteiger partial charge in [-0.3, -0.25) is 4.79 Å². The molecular weight excluding hydrogens is 172 g/mol. The molecule has 0 aliphatic heterocycles. The van der Waals surface area contributed by atoms with Gasteiger partial charge in [-0.2, -0.15) is 0 Å². The molecule has 1 atom stereocenters. The Morgan fingerprint density at radius 2 is 1.93 bits per heavy atom. The van der Waals surface area contributed by atoms with Gasteiger partial charge < -0.3 is 0 Å². The monoisotopic (exact) mass is 184 g/mol. The average molecular weight is 184 g/mol. The third-order valence-corrected chi connectivity index (χ3v) is 2.49. The second-order valence-electron chi connectivity index (χ2n) is 3.50. The highest BCUT2D eigenvalue weighted by Crippen LogP contribution is 2.22. The minimum absolute atomic E-state index is 0.0441. The van der Waals surface area contributed by atoms with E-state index >= 15 is 0 Å². The maximum Gasteiger partial charge on any atom is 0.173 e. The highest BCUT2D eigenvalue weighted by molar-refractivity contribution is 6.01. The van der Waals surface area contributed by atoms with Gasteiger partial charge in [0.05, 0.1) is 5.92 Å². The second kappa shape index (κ2) is 3.62. The Balaban J connectivity index is 2.26. The number of allylic oxidation sites excluding steroid dienone is 4. The third kappa shape index (κ3) is 1.53. The predicted octanol–water partition coefficient (Wildman–Crippen LogP) is 3.00. The van der Waals surface area contributed by atoms with Gasteiger partial charge in [-0.15, -0.1) is 0 Å². The molecule has 1 heteroatoms. The van der Waals surface area contributed by atoms with Crippen LogP contribution in [0.2, 0.25) is 0 Å². The van der Waals surface area contributed by atoms with Crippen molar-refractivity contribution in [2.24, 2.45) is 5.92 Å². The summed E-state index contributed by atoms with van der Waals surface area (Å²) in [6.07, 6.45) is 5.89. The second-order valence-corrected chi connectivity index (χ2v) is 3.50. The predicted molar refractivity (Wildman–Crippen MR) is 57.2 cm³/mol. The van der Waals surface area contributed by atoms with Crippen LogP contribution >= 0.6 is 0 Å². The van der Waals surface area contributed by atoms with Gasteiger partial charge >= 0.3 is 0 Å². The summed E-state index contributed by atoms with van der Waals surface area (Å²) in [6, 6.07) is 9.43. The SMILES string of the molecule is CC1=CC=CC1C(=O)c1ccccc1. The molecule has 70 valence electrons. The molecule has 0 N–H and O–H groups in total. The first-order valence-corrected chi connectivity index (χ1v) is 4.73. The van der Waals surface area contributed by atoms with Crippen molar-refractivity contribution < 1.29 is 4.79 Å². The van der Waals surface area contributed by atoms with Gasteiger partial charge in [0.25, 0.3) is 0 Å². The molecule has 0 fully saturated rings. The summed E-state index contributed by atoms with van der Waals surface area (Å²) < 4.78 is 0. The van der Waals surface area contributed by atoms with Crippen molar-refractivity contribution in [1.29, 1.82) is 0 Å². The Hall–Kier alpha value is -1.63. The molecule has 1 aromatic carbocycles. The first-order chi connectivity index (χ1) is 6.79. The summed E-state index contributed by atoms with van der Waals surface area (Å²) >= 11 is 0. The van der Waals surface area contributed by atoms with Crippen molar-refractivity contribution >= 4 is 5.78 Å². The summed E-state index contributed by atoms with van der Waals surface area (Å²) in [5, 5.41) is 0. The number of hydrogen-bond donors (Lipinski definition) is 0. The molecule has 2 rings (SSSR count). The summed E-state index contributed by atoms with van der Waals surface area (Å²) in [7, 11) is 0. The zero-order valence-electron chi connectivity index (χ0n) is 8.10. The Morgan fingerprint density at radius 3 is 2.50 bits per heavy atom. The van der Waals surface area contributed by atoms with Crippen LogP contribution in [0.25, 0.3) is 0 Å². The van der Waals surface area contributed by atoms with Gasteiger partial charge in [-0.25, -0.2) is 0 Å². The zero-order chi connectivity index (χ0) is 9.97. The molecule has 1 unspecified atom stereocenters. The van der Waals surface area contributed by atoms with Gasteiger partial charge in [0.1, 0.15) is 0 Å². The van der Waals surface area contributed by atoms with Crippen LogP contribution < -0.4 is 0 Å². The number of carbonyl (C=O) groups excluding carboxylic acids is 1. The highest BCUT2D eigenvalue weighted by Gasteiger charge is 2.20. The lowest BCUT2D eigenvalue weighted by Gasteiger charge is -2.08. The molecule has 0 saturated carbocycles. The Kier molecular flexibility index (Phi) is 2.32. The van der Waals surface area contributed by atoms with Crippen LogP contribution in [0.15, 0.2) is 54.1 Å². The van der Waals surface area contributed by atoms with E-state index < -0.39 is 0 Å². The Bertz CT molecular complexity index is 399. The van der Waals surface area contributed by atoms with Crippen LogP contribution in [0, 0.1) is 5.92 Å². The fourth-order valence-electron chi connectivity index (χ4n) is 1.65. The average Bonchev–Trinajstić information content (AvgIpc) is 2.65. The van der Waals surface area contributed by atoms with Crippen LogP contribution in [-0.4, -0.2) is 5.78 Å². The Morgan fingerprint density at radius 1 is 1.21 bits per heavy atom. The zero-order valence-corrected chi connectivity index (χ0v) is 8.10. The molecule has 0 radical (unpaired) electrons. The van der Waals surface area contributed by atoms with Crippen LogP contribution in [0.1, 0.15) is 17.3 Å². The molecule has 0 aromatic heterocycles. The fourth-order valence-corrected chi connectivity index (χ4v) is 1.65. The molecule has 1 aromatic rings. The normalized spacial score (nSPS) is 19.5. The smallest absolute Gasteiger partial charge is 0.173 e. The van der Waals surface area contributed by atoms with E-state index in [-0.39, 0.29) is 11.7 Å². The number of carbonyl (C=O) groups is 1. The van der Waals surface area contributed by atoms with Crippen molar-refractivity contribution in [2.75, 3.05) is 0 Å². The van der Waals surface area contributed by atoms with E-state index in [9.17, 15) is 4.79 Å². The largest absolute Gasteiger partial charge is 0.293 e. The van der Waals surface area contributed by atoms with Crippen molar-refractivity contribution in [2.45, 2.75) is 6.92 Å². The van der Waals surface area contributed by atoms with Crippen molar-refractivity contribution in [3.8, 4) is 0 Å². The highest BCUT2D eigenvalue weighted by atomic mass is 16.1. The standard InChI is InChI=1S/C13H12O/c1-10-6-5-9-12(10)13(14)11-7-3-2-4-8-11/h2-9,12H,1H3. The lowest BCUT2D eigenvalue weighted by Crippen LogP contribution is -2.11. The summed E-state index contributed by atoms with van der Waals surface area (Å²) in [6.45, 7) is 1.99. The maximum absolute atomic E-state index is 12.0. The molecule has 0 heterocycles. The molecule has 1 nitrogen and oxygen atoms in total. The van der Waals surface area contributed by atoms with Crippen LogP contribution in [0.3, 0.4) is 0 Å². The number of benzene rings is 1. The van der Waals surface area contributed by atoms with Gasteiger partial charge in [0.15, 0.2) is 5.78 Å². The number of ketones is 1. The first-order valence-electron chi connectivity index (χ1n) is 4.73. The minimum atomic E-state index is -0.0441. The van der Waals surface area contributed by atoms with Crippen LogP contribution in [0.4, 0.5) is 0 Å². The van der Waals surface area contributed by atoms with E-state index in [4.69, 9.17) is 0 Å². The fraction of sp³-hybridized carbons (Fsp3) is 0.154. The first kappa shape index (κ1) is 8.95. The molecule has 0 spiro atoms. The van der Waals surface area contributed by atoms with E-state index in [1.165, 1.54) is 0 Å². The summed E-state index contributed by atoms with van der Waals surface area (Å²) in [5.41, 5.74) is 1.91. The molecular formula is C13H12O. The van der Waals surface area contributed by atoms with E-state index in [2.05, 4.69) is 0 Å². The van der Waals surface area contributed by atoms with Gasteiger partial charge in [-0.1, -0.05) is 54.1 Å². The van der Waals surface area contributed by atoms with Crippen LogP contribution in [0.5, 0.6) is 0 Å². The van der Waals surface area contributed by atoms with Gasteiger partial charge in [0, 0.05) is 5.56 Å². The molecule has 1 aliphatic carbocycles. The van der Waals surface area contributed by atoms with Crippen molar-refractivity contribution in [1.82, 2.24) is 0 Å². The third-order valence-electron chi connectivity index (χ3n) is 2.49. The van der Waals surface area contributed by atoms with E-state index in [1.807, 2.05) is 55.5 Å². The molecule has 0 saturated heterocycles. The van der Waals surface area contributed by atoms with E-state index in [0.29, 0.717) is 0 Å². The molecule has 0 bridgehead atoms. The van der Waals surface area contributed by atoms with Crippen molar-refractivity contribution in [3.63, 3.8) is 0 Å². The Labute approximate surface area is 83.8 Å². The van der Waals surface area contributed by atoms with E-state index in [0.717, 1.165) is 11.1 Å². The van der Waals surface area contributed by atoms with Gasteiger partial charge in [0.2, 0.25) is 0 Å². The number of hydrogen-bond acceptors (Lipinski definition) is 1. The quantitative estimate of drug-likeness (QED) is 0.646. The minimum Gasteiger partial charge on any atom is -0.293 e. The number of rotatable bonds is 2. The molecule has 14 heavy (non-hydrogen) atoms. The maximum atomic E-state index is 12.0. The van der Waals surface area contributed by atoms with Crippen molar-refractivity contribution in [3.05, 3.63) is 59.7 Å². The van der Waals surface area contributed by atoms with Gasteiger partial charge in [-0.05, 0) is 6.92 Å². The molecule has 1 aliphatic rings. The van der Waals surface area contributed by atoms with E-state index in [1.54, 1.807) is 0 Å². The lowest BCUT2D eigenvalue weighted by atomic mass is 9.94. The topological polar surface area (TPSA) is 17.1 Å². The summed E-state index contributed by atoms with van der Waals surface area (Å²) in [4.78, 5) is 12.0. The lowest BCUT2D eigenvalue weighted by molar-refractivity contribution is 0.0962. The summed E-state index contributed by atoms with van der Waals surface area (Å²) in [5.74, 6) is 0.144.